The maximum atomic E-state index is 13.2. The van der Waals surface area contributed by atoms with Crippen molar-refractivity contribution in [1.82, 2.24) is 26.3 Å². The number of likely N-dealkylation sites (tertiary alicyclic amines) is 1. The second kappa shape index (κ2) is 15.4. The number of hydrogen-bond donors (Lipinski definition) is 4. The Bertz CT molecular complexity index is 1160. The predicted octanol–water partition coefficient (Wildman–Crippen LogP) is 1.30. The van der Waals surface area contributed by atoms with Gasteiger partial charge in [0.05, 0.1) is 19.7 Å². The largest absolute Gasteiger partial charge is 0.345 e. The summed E-state index contributed by atoms with van der Waals surface area (Å²) in [4.78, 5) is 69.9. The van der Waals surface area contributed by atoms with E-state index in [0.717, 1.165) is 5.56 Å². The van der Waals surface area contributed by atoms with Gasteiger partial charge in [0.15, 0.2) is 0 Å². The Morgan fingerprint density at radius 1 is 0.925 bits per heavy atom. The van der Waals surface area contributed by atoms with E-state index in [4.69, 9.17) is 4.84 Å². The number of carbonyl (C=O) groups excluding carboxylic acids is 5. The SMILES string of the molecule is CC(C)C[C@H](NC(=O)[C@@H]1CCCN1C(=O)CNC(=O)c1ccccc1)C(=O)NCC(=O)NOCc1ccccc1. The molecule has 0 bridgehead atoms. The van der Waals surface area contributed by atoms with E-state index in [9.17, 15) is 24.0 Å². The number of benzene rings is 2. The van der Waals surface area contributed by atoms with Crippen LogP contribution in [0.25, 0.3) is 0 Å². The average molecular weight is 552 g/mol. The summed E-state index contributed by atoms with van der Waals surface area (Å²) in [5.74, 6) is -2.17. The lowest BCUT2D eigenvalue weighted by molar-refractivity contribution is -0.139. The highest BCUT2D eigenvalue weighted by atomic mass is 16.6. The van der Waals surface area contributed by atoms with Gasteiger partial charge in [0.2, 0.25) is 17.7 Å². The van der Waals surface area contributed by atoms with Gasteiger partial charge in [-0.05, 0) is 42.9 Å². The first-order chi connectivity index (χ1) is 19.2. The normalized spacial score (nSPS) is 15.3. The van der Waals surface area contributed by atoms with Gasteiger partial charge in [-0.1, -0.05) is 62.4 Å². The van der Waals surface area contributed by atoms with Gasteiger partial charge in [0.25, 0.3) is 11.8 Å². The quantitative estimate of drug-likeness (QED) is 0.276. The third kappa shape index (κ3) is 9.49. The van der Waals surface area contributed by atoms with Gasteiger partial charge in [-0.3, -0.25) is 28.8 Å². The maximum absolute atomic E-state index is 13.2. The molecule has 0 aromatic heterocycles. The summed E-state index contributed by atoms with van der Waals surface area (Å²) in [6.45, 7) is 3.82. The molecule has 1 aliphatic rings. The van der Waals surface area contributed by atoms with Crippen LogP contribution in [-0.4, -0.2) is 66.2 Å². The number of hydroxylamine groups is 1. The lowest BCUT2D eigenvalue weighted by Gasteiger charge is -2.27. The van der Waals surface area contributed by atoms with Crippen molar-refractivity contribution in [2.75, 3.05) is 19.6 Å². The summed E-state index contributed by atoms with van der Waals surface area (Å²) in [6.07, 6.45) is 1.42. The summed E-state index contributed by atoms with van der Waals surface area (Å²) in [6, 6.07) is 16.2. The van der Waals surface area contributed by atoms with Crippen molar-refractivity contribution in [2.45, 2.75) is 51.8 Å². The van der Waals surface area contributed by atoms with E-state index in [0.29, 0.717) is 31.4 Å². The first-order valence-corrected chi connectivity index (χ1v) is 13.4. The molecule has 3 rings (SSSR count). The van der Waals surface area contributed by atoms with Crippen LogP contribution in [0.1, 0.15) is 49.0 Å². The average Bonchev–Trinajstić information content (AvgIpc) is 3.45. The van der Waals surface area contributed by atoms with Crippen molar-refractivity contribution < 1.29 is 28.8 Å². The molecule has 2 atom stereocenters. The van der Waals surface area contributed by atoms with E-state index in [1.807, 2.05) is 44.2 Å². The Hall–Kier alpha value is -4.25. The third-order valence-electron chi connectivity index (χ3n) is 6.34. The smallest absolute Gasteiger partial charge is 0.262 e. The van der Waals surface area contributed by atoms with Crippen LogP contribution in [0.15, 0.2) is 60.7 Å². The summed E-state index contributed by atoms with van der Waals surface area (Å²) in [5.41, 5.74) is 3.60. The molecule has 0 spiro atoms. The first-order valence-electron chi connectivity index (χ1n) is 13.4. The van der Waals surface area contributed by atoms with Crippen molar-refractivity contribution in [2.24, 2.45) is 5.92 Å². The van der Waals surface area contributed by atoms with E-state index >= 15 is 0 Å². The number of carbonyl (C=O) groups is 5. The molecular formula is C29H37N5O6. The van der Waals surface area contributed by atoms with Crippen LogP contribution in [-0.2, 0) is 30.6 Å². The summed E-state index contributed by atoms with van der Waals surface area (Å²) < 4.78 is 0. The zero-order valence-electron chi connectivity index (χ0n) is 22.9. The van der Waals surface area contributed by atoms with E-state index in [1.165, 1.54) is 4.90 Å². The van der Waals surface area contributed by atoms with Crippen LogP contribution < -0.4 is 21.4 Å². The maximum Gasteiger partial charge on any atom is 0.262 e. The van der Waals surface area contributed by atoms with Gasteiger partial charge >= 0.3 is 0 Å². The molecule has 1 fully saturated rings. The molecule has 5 amide bonds. The van der Waals surface area contributed by atoms with Crippen LogP contribution in [0, 0.1) is 5.92 Å². The fourth-order valence-electron chi connectivity index (χ4n) is 4.36. The van der Waals surface area contributed by atoms with Crippen molar-refractivity contribution in [3.8, 4) is 0 Å². The lowest BCUT2D eigenvalue weighted by atomic mass is 10.0. The summed E-state index contributed by atoms with van der Waals surface area (Å²) in [5, 5.41) is 7.90. The van der Waals surface area contributed by atoms with E-state index in [2.05, 4.69) is 21.4 Å². The topological polar surface area (TPSA) is 146 Å². The number of rotatable bonds is 13. The van der Waals surface area contributed by atoms with Crippen molar-refractivity contribution in [3.05, 3.63) is 71.8 Å². The second-order valence-corrected chi connectivity index (χ2v) is 10.0. The van der Waals surface area contributed by atoms with Gasteiger partial charge in [-0.25, -0.2) is 5.48 Å². The van der Waals surface area contributed by atoms with Crippen LogP contribution in [0.4, 0.5) is 0 Å². The van der Waals surface area contributed by atoms with Gasteiger partial charge in [0.1, 0.15) is 12.1 Å². The van der Waals surface area contributed by atoms with E-state index in [1.54, 1.807) is 30.3 Å². The van der Waals surface area contributed by atoms with Crippen molar-refractivity contribution in [3.63, 3.8) is 0 Å². The zero-order chi connectivity index (χ0) is 28.9. The zero-order valence-corrected chi connectivity index (χ0v) is 22.9. The van der Waals surface area contributed by atoms with Gasteiger partial charge < -0.3 is 20.9 Å². The van der Waals surface area contributed by atoms with Crippen LogP contribution >= 0.6 is 0 Å². The fraction of sp³-hybridized carbons (Fsp3) is 0.414. The van der Waals surface area contributed by atoms with Gasteiger partial charge in [-0.2, -0.15) is 0 Å². The molecule has 1 heterocycles. The van der Waals surface area contributed by atoms with Crippen molar-refractivity contribution in [1.29, 1.82) is 0 Å². The fourth-order valence-corrected chi connectivity index (χ4v) is 4.36. The minimum absolute atomic E-state index is 0.0774. The number of nitrogens with zero attached hydrogens (tertiary/aromatic N) is 1. The predicted molar refractivity (Wildman–Crippen MR) is 147 cm³/mol. The molecule has 2 aromatic rings. The molecular weight excluding hydrogens is 514 g/mol. The Morgan fingerprint density at radius 3 is 2.27 bits per heavy atom. The second-order valence-electron chi connectivity index (χ2n) is 10.0. The lowest BCUT2D eigenvalue weighted by Crippen LogP contribution is -2.55. The molecule has 1 saturated heterocycles. The first kappa shape index (κ1) is 30.3. The minimum Gasteiger partial charge on any atom is -0.345 e. The highest BCUT2D eigenvalue weighted by molar-refractivity contribution is 5.97. The molecule has 0 unspecified atom stereocenters. The van der Waals surface area contributed by atoms with Crippen molar-refractivity contribution >= 4 is 29.5 Å². The highest BCUT2D eigenvalue weighted by Crippen LogP contribution is 2.18. The standard InChI is InChI=1S/C29H37N5O6/c1-20(2)16-23(28(38)30-17-25(35)33-40-19-21-10-5-3-6-11-21)32-29(39)24-14-9-15-34(24)26(36)18-31-27(37)22-12-7-4-8-13-22/h3-8,10-13,20,23-24H,9,14-19H2,1-2H3,(H,30,38)(H,31,37)(H,32,39)(H,33,35)/t23-,24-/m0/s1. The van der Waals surface area contributed by atoms with Gasteiger partial charge in [0, 0.05) is 12.1 Å². The molecule has 4 N–H and O–H groups in total. The highest BCUT2D eigenvalue weighted by Gasteiger charge is 2.36. The minimum atomic E-state index is -0.888. The Labute approximate surface area is 234 Å². The Kier molecular flexibility index (Phi) is 11.6. The summed E-state index contributed by atoms with van der Waals surface area (Å²) in [7, 11) is 0. The third-order valence-corrected chi connectivity index (χ3v) is 6.34. The van der Waals surface area contributed by atoms with E-state index in [-0.39, 0.29) is 37.4 Å². The molecule has 11 nitrogen and oxygen atoms in total. The number of hydrogen-bond acceptors (Lipinski definition) is 6. The number of amides is 5. The molecule has 0 saturated carbocycles. The molecule has 214 valence electrons. The molecule has 0 radical (unpaired) electrons. The van der Waals surface area contributed by atoms with E-state index < -0.39 is 29.8 Å². The Balaban J connectivity index is 1.48. The summed E-state index contributed by atoms with van der Waals surface area (Å²) >= 11 is 0. The molecule has 0 aliphatic carbocycles. The molecule has 11 heteroatoms. The number of nitrogens with one attached hydrogen (secondary N) is 4. The van der Waals surface area contributed by atoms with Gasteiger partial charge in [-0.15, -0.1) is 0 Å². The monoisotopic (exact) mass is 551 g/mol. The Morgan fingerprint density at radius 2 is 1.60 bits per heavy atom. The molecule has 1 aliphatic heterocycles. The van der Waals surface area contributed by atoms with Crippen LogP contribution in [0.3, 0.4) is 0 Å². The van der Waals surface area contributed by atoms with Crippen LogP contribution in [0.5, 0.6) is 0 Å². The molecule has 40 heavy (non-hydrogen) atoms. The molecule has 2 aromatic carbocycles. The van der Waals surface area contributed by atoms with Crippen LogP contribution in [0.2, 0.25) is 0 Å².